The first-order chi connectivity index (χ1) is 13.6. The SMILES string of the molecule is CCCCOc1ccc(C(=O)NCCc2cc3ccc(C)cc3[nH]c2=O)cc1. The number of fused-ring (bicyclic) bond motifs is 1. The number of aromatic amines is 1. The summed E-state index contributed by atoms with van der Waals surface area (Å²) in [5, 5.41) is 3.86. The van der Waals surface area contributed by atoms with Gasteiger partial charge in [0.1, 0.15) is 5.75 Å². The van der Waals surface area contributed by atoms with E-state index in [2.05, 4.69) is 17.2 Å². The summed E-state index contributed by atoms with van der Waals surface area (Å²) >= 11 is 0. The highest BCUT2D eigenvalue weighted by Gasteiger charge is 2.07. The number of aromatic nitrogens is 1. The highest BCUT2D eigenvalue weighted by molar-refractivity contribution is 5.94. The lowest BCUT2D eigenvalue weighted by molar-refractivity contribution is 0.0954. The van der Waals surface area contributed by atoms with Crippen LogP contribution in [-0.4, -0.2) is 24.0 Å². The summed E-state index contributed by atoms with van der Waals surface area (Å²) in [5.74, 6) is 0.607. The molecule has 2 N–H and O–H groups in total. The second kappa shape index (κ2) is 9.22. The van der Waals surface area contributed by atoms with Gasteiger partial charge in [0.2, 0.25) is 0 Å². The van der Waals surface area contributed by atoms with E-state index in [9.17, 15) is 9.59 Å². The monoisotopic (exact) mass is 378 g/mol. The number of carbonyl (C=O) groups excluding carboxylic acids is 1. The van der Waals surface area contributed by atoms with Crippen molar-refractivity contribution in [1.29, 1.82) is 0 Å². The Labute approximate surface area is 164 Å². The van der Waals surface area contributed by atoms with Crippen molar-refractivity contribution < 1.29 is 9.53 Å². The Hall–Kier alpha value is -3.08. The van der Waals surface area contributed by atoms with Gasteiger partial charge < -0.3 is 15.0 Å². The molecule has 3 aromatic rings. The second-order valence-corrected chi connectivity index (χ2v) is 6.95. The number of rotatable bonds is 8. The summed E-state index contributed by atoms with van der Waals surface area (Å²) in [6.45, 7) is 5.19. The molecular weight excluding hydrogens is 352 g/mol. The molecule has 0 aliphatic heterocycles. The van der Waals surface area contributed by atoms with Crippen molar-refractivity contribution in [3.05, 3.63) is 75.6 Å². The van der Waals surface area contributed by atoms with Crippen molar-refractivity contribution in [3.63, 3.8) is 0 Å². The molecule has 1 aromatic heterocycles. The number of nitrogens with one attached hydrogen (secondary N) is 2. The molecule has 1 amide bonds. The number of hydrogen-bond donors (Lipinski definition) is 2. The summed E-state index contributed by atoms with van der Waals surface area (Å²) in [6, 6.07) is 15.0. The van der Waals surface area contributed by atoms with Crippen molar-refractivity contribution in [2.75, 3.05) is 13.2 Å². The van der Waals surface area contributed by atoms with E-state index in [0.29, 0.717) is 30.7 Å². The van der Waals surface area contributed by atoms with Crippen molar-refractivity contribution in [1.82, 2.24) is 10.3 Å². The molecule has 2 aromatic carbocycles. The number of carbonyl (C=O) groups is 1. The summed E-state index contributed by atoms with van der Waals surface area (Å²) in [6.07, 6.45) is 2.57. The number of pyridine rings is 1. The molecule has 5 nitrogen and oxygen atoms in total. The molecule has 0 saturated carbocycles. The maximum absolute atomic E-state index is 12.3. The Morgan fingerprint density at radius 2 is 1.89 bits per heavy atom. The van der Waals surface area contributed by atoms with Crippen LogP contribution in [-0.2, 0) is 6.42 Å². The maximum atomic E-state index is 12.3. The third-order valence-electron chi connectivity index (χ3n) is 4.64. The molecule has 3 rings (SSSR count). The molecule has 0 aliphatic rings. The standard InChI is InChI=1S/C23H26N2O3/c1-3-4-13-28-20-9-7-17(8-10-20)22(26)24-12-11-19-15-18-6-5-16(2)14-21(18)25-23(19)27/h5-10,14-15H,3-4,11-13H2,1-2H3,(H,24,26)(H,25,27). The van der Waals surface area contributed by atoms with Gasteiger partial charge in [-0.1, -0.05) is 25.5 Å². The molecule has 0 saturated heterocycles. The van der Waals surface area contributed by atoms with Crippen LogP contribution in [0.25, 0.3) is 10.9 Å². The fourth-order valence-corrected chi connectivity index (χ4v) is 3.00. The van der Waals surface area contributed by atoms with Crippen LogP contribution in [0.5, 0.6) is 5.75 Å². The fraction of sp³-hybridized carbons (Fsp3) is 0.304. The van der Waals surface area contributed by atoms with Crippen LogP contribution in [0.4, 0.5) is 0 Å². The fourth-order valence-electron chi connectivity index (χ4n) is 3.00. The lowest BCUT2D eigenvalue weighted by Crippen LogP contribution is -2.27. The lowest BCUT2D eigenvalue weighted by atomic mass is 10.1. The van der Waals surface area contributed by atoms with Crippen LogP contribution >= 0.6 is 0 Å². The van der Waals surface area contributed by atoms with E-state index in [1.165, 1.54) is 0 Å². The number of H-pyrrole nitrogens is 1. The minimum atomic E-state index is -0.159. The molecule has 0 bridgehead atoms. The Bertz CT molecular complexity index is 1010. The third-order valence-corrected chi connectivity index (χ3v) is 4.64. The van der Waals surface area contributed by atoms with Gasteiger partial charge in [0.15, 0.2) is 0 Å². The van der Waals surface area contributed by atoms with Crippen molar-refractivity contribution in [2.45, 2.75) is 33.1 Å². The zero-order valence-electron chi connectivity index (χ0n) is 16.4. The van der Waals surface area contributed by atoms with Gasteiger partial charge in [-0.2, -0.15) is 0 Å². The van der Waals surface area contributed by atoms with Crippen molar-refractivity contribution in [2.24, 2.45) is 0 Å². The number of amides is 1. The molecular formula is C23H26N2O3. The van der Waals surface area contributed by atoms with E-state index in [4.69, 9.17) is 4.74 Å². The first-order valence-electron chi connectivity index (χ1n) is 9.70. The number of unbranched alkanes of at least 4 members (excludes halogenated alkanes) is 1. The first-order valence-corrected chi connectivity index (χ1v) is 9.70. The van der Waals surface area contributed by atoms with E-state index in [0.717, 1.165) is 35.1 Å². The van der Waals surface area contributed by atoms with E-state index in [1.54, 1.807) is 24.3 Å². The van der Waals surface area contributed by atoms with Crippen molar-refractivity contribution >= 4 is 16.8 Å². The Morgan fingerprint density at radius 1 is 1.11 bits per heavy atom. The molecule has 28 heavy (non-hydrogen) atoms. The molecule has 1 heterocycles. The molecule has 146 valence electrons. The molecule has 0 aliphatic carbocycles. The van der Waals surface area contributed by atoms with Crippen molar-refractivity contribution in [3.8, 4) is 5.75 Å². The van der Waals surface area contributed by atoms with E-state index >= 15 is 0 Å². The van der Waals surface area contributed by atoms with Crippen LogP contribution in [0.2, 0.25) is 0 Å². The first kappa shape index (κ1) is 19.7. The molecule has 5 heteroatoms. The molecule has 0 spiro atoms. The number of ether oxygens (including phenoxy) is 1. The van der Waals surface area contributed by atoms with Gasteiger partial charge >= 0.3 is 0 Å². The Kier molecular flexibility index (Phi) is 6.48. The summed E-state index contributed by atoms with van der Waals surface area (Å²) < 4.78 is 5.61. The molecule has 0 atom stereocenters. The molecule has 0 fully saturated rings. The smallest absolute Gasteiger partial charge is 0.251 e. The predicted octanol–water partition coefficient (Wildman–Crippen LogP) is 3.99. The minimum Gasteiger partial charge on any atom is -0.494 e. The van der Waals surface area contributed by atoms with Crippen LogP contribution in [0.1, 0.15) is 41.3 Å². The zero-order valence-corrected chi connectivity index (χ0v) is 16.4. The van der Waals surface area contributed by atoms with E-state index < -0.39 is 0 Å². The zero-order chi connectivity index (χ0) is 19.9. The maximum Gasteiger partial charge on any atom is 0.251 e. The van der Waals surface area contributed by atoms with Crippen LogP contribution in [0.15, 0.2) is 53.3 Å². The predicted molar refractivity (Wildman–Crippen MR) is 112 cm³/mol. The average Bonchev–Trinajstić information content (AvgIpc) is 2.69. The highest BCUT2D eigenvalue weighted by atomic mass is 16.5. The van der Waals surface area contributed by atoms with E-state index in [1.807, 2.05) is 31.2 Å². The van der Waals surface area contributed by atoms with Gasteiger partial charge in [-0.05, 0) is 67.1 Å². The normalized spacial score (nSPS) is 10.8. The highest BCUT2D eigenvalue weighted by Crippen LogP contribution is 2.14. The largest absolute Gasteiger partial charge is 0.494 e. The number of benzene rings is 2. The summed E-state index contributed by atoms with van der Waals surface area (Å²) in [4.78, 5) is 27.5. The average molecular weight is 378 g/mol. The Balaban J connectivity index is 1.56. The van der Waals surface area contributed by atoms with Crippen LogP contribution in [0, 0.1) is 6.92 Å². The van der Waals surface area contributed by atoms with Gasteiger partial charge in [-0.3, -0.25) is 9.59 Å². The minimum absolute atomic E-state index is 0.110. The third kappa shape index (κ3) is 5.00. The second-order valence-electron chi connectivity index (χ2n) is 6.95. The molecule has 0 radical (unpaired) electrons. The van der Waals surface area contributed by atoms with Crippen LogP contribution in [0.3, 0.4) is 0 Å². The van der Waals surface area contributed by atoms with Gasteiger partial charge in [-0.15, -0.1) is 0 Å². The molecule has 0 unspecified atom stereocenters. The number of hydrogen-bond acceptors (Lipinski definition) is 3. The summed E-state index contributed by atoms with van der Waals surface area (Å²) in [7, 11) is 0. The van der Waals surface area contributed by atoms with E-state index in [-0.39, 0.29) is 11.5 Å². The van der Waals surface area contributed by atoms with Gasteiger partial charge in [0, 0.05) is 23.2 Å². The Morgan fingerprint density at radius 3 is 2.64 bits per heavy atom. The topological polar surface area (TPSA) is 71.2 Å². The number of aryl methyl sites for hydroxylation is 1. The summed E-state index contributed by atoms with van der Waals surface area (Å²) in [5.41, 5.74) is 3.06. The van der Waals surface area contributed by atoms with Gasteiger partial charge in [0.05, 0.1) is 6.61 Å². The van der Waals surface area contributed by atoms with Crippen LogP contribution < -0.4 is 15.6 Å². The van der Waals surface area contributed by atoms with Gasteiger partial charge in [0.25, 0.3) is 11.5 Å². The lowest BCUT2D eigenvalue weighted by Gasteiger charge is -2.08. The van der Waals surface area contributed by atoms with Gasteiger partial charge in [-0.25, -0.2) is 0 Å². The quantitative estimate of drug-likeness (QED) is 0.582.